The first-order chi connectivity index (χ1) is 18.8. The summed E-state index contributed by atoms with van der Waals surface area (Å²) in [4.78, 5) is 56.0. The summed E-state index contributed by atoms with van der Waals surface area (Å²) in [5.41, 5.74) is 2.08. The summed E-state index contributed by atoms with van der Waals surface area (Å²) >= 11 is 2.82. The number of thioether (sulfide) groups is 1. The third kappa shape index (κ3) is 3.71. The lowest BCUT2D eigenvalue weighted by Crippen LogP contribution is -2.44. The average Bonchev–Trinajstić information content (AvgIpc) is 3.66. The molecule has 2 saturated carbocycles. The van der Waals surface area contributed by atoms with Gasteiger partial charge in [-0.25, -0.2) is 4.79 Å². The van der Waals surface area contributed by atoms with E-state index in [1.165, 1.54) is 18.3 Å². The summed E-state index contributed by atoms with van der Waals surface area (Å²) in [6.45, 7) is 1.83. The number of hydrogen-bond acceptors (Lipinski definition) is 7. The number of carboxylic acids is 1. The summed E-state index contributed by atoms with van der Waals surface area (Å²) < 4.78 is 6.12. The van der Waals surface area contributed by atoms with Gasteiger partial charge in [-0.05, 0) is 54.4 Å². The molecule has 7 rings (SSSR count). The normalized spacial score (nSPS) is 31.1. The van der Waals surface area contributed by atoms with Crippen LogP contribution in [0, 0.1) is 29.6 Å². The Morgan fingerprint density at radius 3 is 2.56 bits per heavy atom. The Balaban J connectivity index is 1.25. The third-order valence-corrected chi connectivity index (χ3v) is 11.6. The molecule has 1 saturated heterocycles. The zero-order valence-corrected chi connectivity index (χ0v) is 22.6. The molecular formula is C29H26N2O6S2. The van der Waals surface area contributed by atoms with E-state index in [9.17, 15) is 24.3 Å². The molecule has 0 radical (unpaired) electrons. The zero-order chi connectivity index (χ0) is 27.0. The fraction of sp³-hybridized carbons (Fsp3) is 0.379. The standard InChI is InChI=1S/C29H26N2O6S2/c1-13(28(34)35)31-26(32)21-17-11-18(22(21)27(31)33)23-20(17)19(24-25(38-23)30-29(36)39-24)15-8-5-9-16(10-15)37-12-14-6-3-2-4-7-14/h2-10,13,17-23H,11-12H2,1H3,(H,30,36)(H,34,35)/t13?,17?,18?,19-,20?,21?,22?,23?/m1/s1. The van der Waals surface area contributed by atoms with Gasteiger partial charge >= 0.3 is 10.8 Å². The SMILES string of the molecule is CC(C(=O)O)N1C(=O)C2C3CC(C2C1=O)C1C3Sc2[nH]c(=O)sc2[C@@H]1c1cccc(OCc2ccccc2)c1. The number of likely N-dealkylation sites (tertiary alicyclic amines) is 1. The van der Waals surface area contributed by atoms with Crippen LogP contribution < -0.4 is 9.61 Å². The Hall–Kier alpha value is -3.37. The molecule has 2 aliphatic carbocycles. The van der Waals surface area contributed by atoms with Crippen molar-refractivity contribution in [2.75, 3.05) is 0 Å². The van der Waals surface area contributed by atoms with Gasteiger partial charge in [-0.2, -0.15) is 0 Å². The molecule has 2 N–H and O–H groups in total. The quantitative estimate of drug-likeness (QED) is 0.437. The van der Waals surface area contributed by atoms with Gasteiger partial charge in [-0.15, -0.1) is 11.8 Å². The van der Waals surface area contributed by atoms with Crippen LogP contribution in [0.1, 0.15) is 35.3 Å². The van der Waals surface area contributed by atoms with Gasteiger partial charge in [0.1, 0.15) is 18.4 Å². The molecule has 3 fully saturated rings. The van der Waals surface area contributed by atoms with E-state index in [4.69, 9.17) is 4.74 Å². The molecule has 3 heterocycles. The highest BCUT2D eigenvalue weighted by molar-refractivity contribution is 8.00. The number of aromatic amines is 1. The number of carbonyl (C=O) groups is 3. The van der Waals surface area contributed by atoms with Crippen LogP contribution in [0.15, 0.2) is 64.4 Å². The predicted octanol–water partition coefficient (Wildman–Crippen LogP) is 3.96. The zero-order valence-electron chi connectivity index (χ0n) is 21.0. The number of aliphatic carboxylic acids is 1. The van der Waals surface area contributed by atoms with Crippen LogP contribution in [0.5, 0.6) is 5.75 Å². The van der Waals surface area contributed by atoms with E-state index in [-0.39, 0.29) is 45.6 Å². The van der Waals surface area contributed by atoms with Crippen LogP contribution in [0.4, 0.5) is 0 Å². The van der Waals surface area contributed by atoms with Gasteiger partial charge < -0.3 is 14.8 Å². The van der Waals surface area contributed by atoms with Crippen molar-refractivity contribution < 1.29 is 24.2 Å². The third-order valence-electron chi connectivity index (χ3n) is 8.97. The number of carbonyl (C=O) groups excluding carboxylic acids is 2. The van der Waals surface area contributed by atoms with E-state index in [2.05, 4.69) is 4.98 Å². The number of carboxylic acid groups (broad SMARTS) is 1. The molecule has 7 unspecified atom stereocenters. The molecule has 8 atom stereocenters. The number of nitrogens with one attached hydrogen (secondary N) is 1. The van der Waals surface area contributed by atoms with E-state index in [0.717, 1.165) is 38.1 Å². The van der Waals surface area contributed by atoms with Gasteiger partial charge in [0.05, 0.1) is 16.9 Å². The van der Waals surface area contributed by atoms with E-state index in [1.807, 2.05) is 54.6 Å². The van der Waals surface area contributed by atoms with Gasteiger partial charge in [0.15, 0.2) is 0 Å². The minimum atomic E-state index is -1.18. The van der Waals surface area contributed by atoms with Crippen molar-refractivity contribution in [1.82, 2.24) is 9.88 Å². The molecule has 0 spiro atoms. The first-order valence-corrected chi connectivity index (χ1v) is 14.8. The number of H-pyrrole nitrogens is 1. The molecule has 200 valence electrons. The molecule has 2 aromatic carbocycles. The number of ether oxygens (including phenoxy) is 1. The summed E-state index contributed by atoms with van der Waals surface area (Å²) in [6, 6.07) is 16.7. The molecule has 2 amide bonds. The topological polar surface area (TPSA) is 117 Å². The van der Waals surface area contributed by atoms with Crippen LogP contribution in [-0.4, -0.2) is 44.1 Å². The highest BCUT2D eigenvalue weighted by Crippen LogP contribution is 2.68. The number of benzene rings is 2. The van der Waals surface area contributed by atoms with Crippen LogP contribution in [-0.2, 0) is 21.0 Å². The van der Waals surface area contributed by atoms with Crippen LogP contribution in [0.2, 0.25) is 0 Å². The Morgan fingerprint density at radius 1 is 1.08 bits per heavy atom. The maximum absolute atomic E-state index is 13.5. The first kappa shape index (κ1) is 24.7. The van der Waals surface area contributed by atoms with Crippen molar-refractivity contribution in [2.24, 2.45) is 29.6 Å². The second kappa shape index (κ2) is 9.09. The highest BCUT2D eigenvalue weighted by Gasteiger charge is 2.70. The van der Waals surface area contributed by atoms with E-state index >= 15 is 0 Å². The van der Waals surface area contributed by atoms with Gasteiger partial charge in [-0.1, -0.05) is 53.8 Å². The van der Waals surface area contributed by atoms with E-state index in [0.29, 0.717) is 6.61 Å². The number of hydrogen-bond donors (Lipinski definition) is 2. The predicted molar refractivity (Wildman–Crippen MR) is 145 cm³/mol. The molecule has 3 aromatic rings. The van der Waals surface area contributed by atoms with Crippen molar-refractivity contribution >= 4 is 40.9 Å². The number of amides is 2. The lowest BCUT2D eigenvalue weighted by Gasteiger charge is -2.43. The number of rotatable bonds is 6. The molecular weight excluding hydrogens is 536 g/mol. The highest BCUT2D eigenvalue weighted by atomic mass is 32.2. The number of imide groups is 1. The lowest BCUT2D eigenvalue weighted by atomic mass is 9.68. The fourth-order valence-electron chi connectivity index (χ4n) is 7.44. The fourth-order valence-corrected chi connectivity index (χ4v) is 10.3. The van der Waals surface area contributed by atoms with Crippen molar-refractivity contribution in [3.05, 3.63) is 80.3 Å². The molecule has 39 heavy (non-hydrogen) atoms. The monoisotopic (exact) mass is 562 g/mol. The second-order valence-electron chi connectivity index (χ2n) is 10.9. The van der Waals surface area contributed by atoms with Gasteiger partial charge in [0, 0.05) is 16.0 Å². The van der Waals surface area contributed by atoms with Gasteiger partial charge in [-0.3, -0.25) is 19.3 Å². The molecule has 1 aromatic heterocycles. The van der Waals surface area contributed by atoms with Crippen molar-refractivity contribution in [3.63, 3.8) is 0 Å². The molecule has 10 heteroatoms. The average molecular weight is 563 g/mol. The van der Waals surface area contributed by atoms with Crippen LogP contribution >= 0.6 is 23.1 Å². The van der Waals surface area contributed by atoms with Crippen molar-refractivity contribution in [3.8, 4) is 5.75 Å². The Labute approximate surface area is 232 Å². The van der Waals surface area contributed by atoms with Crippen molar-refractivity contribution in [2.45, 2.75) is 42.2 Å². The molecule has 2 bridgehead atoms. The number of aromatic nitrogens is 1. The summed E-state index contributed by atoms with van der Waals surface area (Å²) in [6.07, 6.45) is 0.754. The Kier molecular flexibility index (Phi) is 5.75. The minimum Gasteiger partial charge on any atom is -0.489 e. The smallest absolute Gasteiger partial charge is 0.326 e. The molecule has 2 aliphatic heterocycles. The van der Waals surface area contributed by atoms with Crippen LogP contribution in [0.3, 0.4) is 0 Å². The van der Waals surface area contributed by atoms with E-state index < -0.39 is 23.8 Å². The summed E-state index contributed by atoms with van der Waals surface area (Å²) in [5, 5.41) is 10.4. The molecule has 4 aliphatic rings. The van der Waals surface area contributed by atoms with Gasteiger partial charge in [0.25, 0.3) is 0 Å². The first-order valence-electron chi connectivity index (χ1n) is 13.1. The second-order valence-corrected chi connectivity index (χ2v) is 13.1. The molecule has 8 nitrogen and oxygen atoms in total. The number of fused-ring (bicyclic) bond motifs is 9. The minimum absolute atomic E-state index is 0.0430. The number of thiazole rings is 1. The largest absolute Gasteiger partial charge is 0.489 e. The Morgan fingerprint density at radius 2 is 1.82 bits per heavy atom. The summed E-state index contributed by atoms with van der Waals surface area (Å²) in [7, 11) is 0. The van der Waals surface area contributed by atoms with E-state index in [1.54, 1.807) is 11.8 Å². The maximum atomic E-state index is 13.5. The van der Waals surface area contributed by atoms with Gasteiger partial charge in [0.2, 0.25) is 11.8 Å². The summed E-state index contributed by atoms with van der Waals surface area (Å²) in [5.74, 6) is -2.37. The number of nitrogens with zero attached hydrogens (tertiary/aromatic N) is 1. The maximum Gasteiger partial charge on any atom is 0.326 e. The van der Waals surface area contributed by atoms with Crippen LogP contribution in [0.25, 0.3) is 0 Å². The lowest BCUT2D eigenvalue weighted by molar-refractivity contribution is -0.154. The van der Waals surface area contributed by atoms with Crippen molar-refractivity contribution in [1.29, 1.82) is 0 Å². The Bertz CT molecular complexity index is 1550.